The number of esters is 1. The molecule has 0 aromatic heterocycles. The van der Waals surface area contributed by atoms with Crippen LogP contribution < -0.4 is 0 Å². The summed E-state index contributed by atoms with van der Waals surface area (Å²) in [7, 11) is 0. The molecule has 0 aliphatic heterocycles. The maximum atomic E-state index is 11.3. The summed E-state index contributed by atoms with van der Waals surface area (Å²) in [6.07, 6.45) is 32.1. The largest absolute Gasteiger partial charge is 0.465 e. The van der Waals surface area contributed by atoms with Crippen LogP contribution in [0, 0.1) is 5.92 Å². The number of hydrogen-bond donors (Lipinski definition) is 0. The van der Waals surface area contributed by atoms with Crippen LogP contribution in [0.5, 0.6) is 0 Å². The second kappa shape index (κ2) is 21.7. The molecule has 160 valence electrons. The van der Waals surface area contributed by atoms with Crippen molar-refractivity contribution in [2.24, 2.45) is 5.92 Å². The Bertz CT molecular complexity index is 455. The molecule has 0 unspecified atom stereocenters. The maximum Gasteiger partial charge on any atom is 0.308 e. The van der Waals surface area contributed by atoms with Crippen molar-refractivity contribution in [2.45, 2.75) is 97.8 Å². The SMILES string of the molecule is CCC=CCC=CCC=CCCCCC=CCCCCCCOC(=O)C(C)C. The fourth-order valence-corrected chi connectivity index (χ4v) is 2.64. The fraction of sp³-hybridized carbons (Fsp3) is 0.654. The van der Waals surface area contributed by atoms with Gasteiger partial charge in [-0.3, -0.25) is 4.79 Å². The summed E-state index contributed by atoms with van der Waals surface area (Å²) in [5.74, 6) is -0.0907. The van der Waals surface area contributed by atoms with Crippen LogP contribution in [0.2, 0.25) is 0 Å². The number of carbonyl (C=O) groups excluding carboxylic acids is 1. The van der Waals surface area contributed by atoms with Gasteiger partial charge in [-0.25, -0.2) is 0 Å². The third-order valence-corrected chi connectivity index (χ3v) is 4.42. The van der Waals surface area contributed by atoms with Gasteiger partial charge in [-0.05, 0) is 64.2 Å². The van der Waals surface area contributed by atoms with E-state index in [0.29, 0.717) is 6.61 Å². The number of hydrogen-bond acceptors (Lipinski definition) is 2. The molecule has 0 spiro atoms. The van der Waals surface area contributed by atoms with E-state index in [9.17, 15) is 4.79 Å². The highest BCUT2D eigenvalue weighted by Crippen LogP contribution is 2.07. The molecule has 0 aliphatic rings. The first-order valence-corrected chi connectivity index (χ1v) is 11.4. The van der Waals surface area contributed by atoms with Gasteiger partial charge in [-0.1, -0.05) is 82.2 Å². The Morgan fingerprint density at radius 2 is 1.14 bits per heavy atom. The molecule has 28 heavy (non-hydrogen) atoms. The van der Waals surface area contributed by atoms with E-state index >= 15 is 0 Å². The summed E-state index contributed by atoms with van der Waals surface area (Å²) >= 11 is 0. The molecule has 2 heteroatoms. The van der Waals surface area contributed by atoms with Crippen molar-refractivity contribution in [3.05, 3.63) is 48.6 Å². The van der Waals surface area contributed by atoms with Gasteiger partial charge in [0.25, 0.3) is 0 Å². The molecule has 0 saturated carbocycles. The Balaban J connectivity index is 3.31. The predicted molar refractivity (Wildman–Crippen MR) is 123 cm³/mol. The molecular formula is C26H44O2. The Morgan fingerprint density at radius 3 is 1.71 bits per heavy atom. The summed E-state index contributed by atoms with van der Waals surface area (Å²) in [5, 5.41) is 0. The van der Waals surface area contributed by atoms with Gasteiger partial charge in [0, 0.05) is 0 Å². The zero-order chi connectivity index (χ0) is 20.7. The van der Waals surface area contributed by atoms with Crippen molar-refractivity contribution in [1.82, 2.24) is 0 Å². The van der Waals surface area contributed by atoms with Crippen LogP contribution in [-0.4, -0.2) is 12.6 Å². The summed E-state index contributed by atoms with van der Waals surface area (Å²) < 4.78 is 5.18. The van der Waals surface area contributed by atoms with Crippen molar-refractivity contribution >= 4 is 5.97 Å². The Hall–Kier alpha value is -1.57. The Labute approximate surface area is 174 Å². The average Bonchev–Trinajstić information content (AvgIpc) is 2.68. The smallest absolute Gasteiger partial charge is 0.308 e. The van der Waals surface area contributed by atoms with Crippen LogP contribution in [0.3, 0.4) is 0 Å². The summed E-state index contributed by atoms with van der Waals surface area (Å²) in [6.45, 7) is 6.49. The van der Waals surface area contributed by atoms with E-state index in [-0.39, 0.29) is 11.9 Å². The first-order valence-electron chi connectivity index (χ1n) is 11.4. The number of rotatable bonds is 18. The third-order valence-electron chi connectivity index (χ3n) is 4.42. The Morgan fingerprint density at radius 1 is 0.679 bits per heavy atom. The molecule has 0 saturated heterocycles. The Kier molecular flexibility index (Phi) is 20.5. The minimum Gasteiger partial charge on any atom is -0.465 e. The van der Waals surface area contributed by atoms with Gasteiger partial charge in [0.1, 0.15) is 0 Å². The minimum atomic E-state index is -0.0780. The van der Waals surface area contributed by atoms with Gasteiger partial charge in [0.15, 0.2) is 0 Å². The highest BCUT2D eigenvalue weighted by atomic mass is 16.5. The summed E-state index contributed by atoms with van der Waals surface area (Å²) in [6, 6.07) is 0. The average molecular weight is 389 g/mol. The highest BCUT2D eigenvalue weighted by Gasteiger charge is 2.06. The topological polar surface area (TPSA) is 26.3 Å². The van der Waals surface area contributed by atoms with Crippen LogP contribution in [0.4, 0.5) is 0 Å². The predicted octanol–water partition coefficient (Wildman–Crippen LogP) is 8.11. The maximum absolute atomic E-state index is 11.3. The molecule has 0 amide bonds. The van der Waals surface area contributed by atoms with Crippen LogP contribution in [0.1, 0.15) is 97.8 Å². The molecule has 0 aromatic carbocycles. The van der Waals surface area contributed by atoms with Crippen LogP contribution in [-0.2, 0) is 9.53 Å². The zero-order valence-electron chi connectivity index (χ0n) is 18.7. The second-order valence-corrected chi connectivity index (χ2v) is 7.57. The number of unbranched alkanes of at least 4 members (excludes halogenated alkanes) is 7. The van der Waals surface area contributed by atoms with Crippen molar-refractivity contribution in [3.63, 3.8) is 0 Å². The van der Waals surface area contributed by atoms with E-state index < -0.39 is 0 Å². The molecule has 0 bridgehead atoms. The van der Waals surface area contributed by atoms with Crippen molar-refractivity contribution in [3.8, 4) is 0 Å². The van der Waals surface area contributed by atoms with E-state index in [1.165, 1.54) is 44.9 Å². The van der Waals surface area contributed by atoms with E-state index in [4.69, 9.17) is 4.74 Å². The highest BCUT2D eigenvalue weighted by molar-refractivity contribution is 5.71. The van der Waals surface area contributed by atoms with Crippen molar-refractivity contribution < 1.29 is 9.53 Å². The molecule has 0 aliphatic carbocycles. The molecule has 0 atom stereocenters. The van der Waals surface area contributed by atoms with Crippen LogP contribution >= 0.6 is 0 Å². The van der Waals surface area contributed by atoms with Crippen molar-refractivity contribution in [1.29, 1.82) is 0 Å². The standard InChI is InChI=1S/C26H44O2/c1-4-5-6-7-8-9-10-11-12-13-14-15-16-17-18-19-20-21-22-23-24-28-26(27)25(2)3/h5-6,8-9,11-12,17-18,25H,4,7,10,13-16,19-24H2,1-3H3. The van der Waals surface area contributed by atoms with Gasteiger partial charge in [0.05, 0.1) is 12.5 Å². The number of ether oxygens (including phenoxy) is 1. The third kappa shape index (κ3) is 20.7. The van der Waals surface area contributed by atoms with Crippen LogP contribution in [0.15, 0.2) is 48.6 Å². The number of carbonyl (C=O) groups is 1. The first kappa shape index (κ1) is 26.4. The van der Waals surface area contributed by atoms with E-state index in [0.717, 1.165) is 32.1 Å². The second-order valence-electron chi connectivity index (χ2n) is 7.57. The lowest BCUT2D eigenvalue weighted by Gasteiger charge is -2.06. The van der Waals surface area contributed by atoms with E-state index in [1.54, 1.807) is 0 Å². The quantitative estimate of drug-likeness (QED) is 0.135. The lowest BCUT2D eigenvalue weighted by Crippen LogP contribution is -2.12. The molecule has 0 fully saturated rings. The van der Waals surface area contributed by atoms with Gasteiger partial charge in [-0.2, -0.15) is 0 Å². The lowest BCUT2D eigenvalue weighted by molar-refractivity contribution is -0.147. The van der Waals surface area contributed by atoms with Crippen molar-refractivity contribution in [2.75, 3.05) is 6.61 Å². The number of allylic oxidation sites excluding steroid dienone is 8. The van der Waals surface area contributed by atoms with Gasteiger partial charge in [-0.15, -0.1) is 0 Å². The van der Waals surface area contributed by atoms with Gasteiger partial charge < -0.3 is 4.74 Å². The summed E-state index contributed by atoms with van der Waals surface area (Å²) in [4.78, 5) is 11.3. The van der Waals surface area contributed by atoms with Gasteiger partial charge >= 0.3 is 5.97 Å². The lowest BCUT2D eigenvalue weighted by atomic mass is 10.1. The first-order chi connectivity index (χ1) is 13.7. The molecule has 0 aromatic rings. The molecule has 0 radical (unpaired) electrons. The molecule has 2 nitrogen and oxygen atoms in total. The van der Waals surface area contributed by atoms with E-state index in [1.807, 2.05) is 13.8 Å². The van der Waals surface area contributed by atoms with Crippen LogP contribution in [0.25, 0.3) is 0 Å². The van der Waals surface area contributed by atoms with E-state index in [2.05, 4.69) is 55.5 Å². The minimum absolute atomic E-state index is 0.0127. The molecule has 0 heterocycles. The molecular weight excluding hydrogens is 344 g/mol. The fourth-order valence-electron chi connectivity index (χ4n) is 2.64. The normalized spacial score (nSPS) is 12.4. The molecule has 0 N–H and O–H groups in total. The van der Waals surface area contributed by atoms with Gasteiger partial charge in [0.2, 0.25) is 0 Å². The zero-order valence-corrected chi connectivity index (χ0v) is 18.7. The summed E-state index contributed by atoms with van der Waals surface area (Å²) in [5.41, 5.74) is 0. The molecule has 0 rings (SSSR count). The monoisotopic (exact) mass is 388 g/mol.